The molecule has 6 heteroatoms. The van der Waals surface area contributed by atoms with E-state index in [2.05, 4.69) is 17.1 Å². The second kappa shape index (κ2) is 4.95. The molecule has 1 unspecified atom stereocenters. The van der Waals surface area contributed by atoms with Gasteiger partial charge in [0.1, 0.15) is 6.23 Å². The standard InChI is InChI=1S/C18H21NO5/c1-21-10-3-4-18-12-7-14-13(23-9-24-14)6-11(12)17(22-2)19(8-16(18)20)15(18)5-10/h3-4,6-7,10,15-17,20H,5,8-9H2,1-2H3/t10-,15-,16+,17+,18-/m0/s1. The van der Waals surface area contributed by atoms with Crippen LogP contribution in [0.2, 0.25) is 0 Å². The van der Waals surface area contributed by atoms with Gasteiger partial charge in [0.2, 0.25) is 6.79 Å². The van der Waals surface area contributed by atoms with Gasteiger partial charge in [0.15, 0.2) is 11.5 Å². The summed E-state index contributed by atoms with van der Waals surface area (Å²) >= 11 is 0. The summed E-state index contributed by atoms with van der Waals surface area (Å²) in [5.74, 6) is 1.49. The molecule has 0 aromatic heterocycles. The monoisotopic (exact) mass is 331 g/mol. The molecule has 128 valence electrons. The van der Waals surface area contributed by atoms with Crippen molar-refractivity contribution < 1.29 is 24.1 Å². The Morgan fingerprint density at radius 2 is 2.00 bits per heavy atom. The zero-order chi connectivity index (χ0) is 16.5. The van der Waals surface area contributed by atoms with E-state index in [-0.39, 0.29) is 25.2 Å². The zero-order valence-corrected chi connectivity index (χ0v) is 13.8. The molecular weight excluding hydrogens is 310 g/mol. The summed E-state index contributed by atoms with van der Waals surface area (Å²) < 4.78 is 22.5. The first kappa shape index (κ1) is 14.7. The first-order chi connectivity index (χ1) is 11.7. The maximum absolute atomic E-state index is 11.0. The molecule has 3 heterocycles. The van der Waals surface area contributed by atoms with Crippen molar-refractivity contribution in [2.45, 2.75) is 36.3 Å². The minimum absolute atomic E-state index is 0.0593. The Bertz CT molecular complexity index is 720. The van der Waals surface area contributed by atoms with Gasteiger partial charge in [-0.3, -0.25) is 4.90 Å². The van der Waals surface area contributed by atoms with Gasteiger partial charge in [0, 0.05) is 32.4 Å². The van der Waals surface area contributed by atoms with Crippen molar-refractivity contribution in [1.82, 2.24) is 4.90 Å². The predicted octanol–water partition coefficient (Wildman–Crippen LogP) is 1.33. The molecule has 5 rings (SSSR count). The van der Waals surface area contributed by atoms with Crippen LogP contribution in [0.4, 0.5) is 0 Å². The fourth-order valence-electron chi connectivity index (χ4n) is 4.95. The number of benzene rings is 1. The van der Waals surface area contributed by atoms with E-state index in [1.165, 1.54) is 0 Å². The Kier molecular flexibility index (Phi) is 3.04. The summed E-state index contributed by atoms with van der Waals surface area (Å²) in [6, 6.07) is 4.17. The third kappa shape index (κ3) is 1.64. The first-order valence-electron chi connectivity index (χ1n) is 8.32. The van der Waals surface area contributed by atoms with E-state index in [4.69, 9.17) is 18.9 Å². The summed E-state index contributed by atoms with van der Waals surface area (Å²) in [6.07, 6.45) is 4.41. The maximum Gasteiger partial charge on any atom is 0.231 e. The molecule has 1 saturated heterocycles. The smallest absolute Gasteiger partial charge is 0.231 e. The molecule has 6 nitrogen and oxygen atoms in total. The van der Waals surface area contributed by atoms with E-state index in [1.807, 2.05) is 12.1 Å². The van der Waals surface area contributed by atoms with Crippen molar-refractivity contribution >= 4 is 0 Å². The fourth-order valence-corrected chi connectivity index (χ4v) is 4.95. The van der Waals surface area contributed by atoms with Crippen LogP contribution in [-0.4, -0.2) is 55.8 Å². The second-order valence-corrected chi connectivity index (χ2v) is 6.91. The van der Waals surface area contributed by atoms with Gasteiger partial charge in [-0.05, 0) is 24.1 Å². The zero-order valence-electron chi connectivity index (χ0n) is 13.8. The van der Waals surface area contributed by atoms with Gasteiger partial charge < -0.3 is 24.1 Å². The maximum atomic E-state index is 11.0. The minimum atomic E-state index is -0.490. The van der Waals surface area contributed by atoms with Crippen molar-refractivity contribution in [2.24, 2.45) is 0 Å². The number of fused-ring (bicyclic) bond motifs is 2. The summed E-state index contributed by atoms with van der Waals surface area (Å²) in [4.78, 5) is 2.25. The number of nitrogens with zero attached hydrogens (tertiary/aromatic N) is 1. The van der Waals surface area contributed by atoms with E-state index >= 15 is 0 Å². The molecule has 0 amide bonds. The van der Waals surface area contributed by atoms with Crippen molar-refractivity contribution in [2.75, 3.05) is 27.6 Å². The third-order valence-electron chi connectivity index (χ3n) is 6.03. The van der Waals surface area contributed by atoms with Gasteiger partial charge in [-0.15, -0.1) is 0 Å². The highest BCUT2D eigenvalue weighted by molar-refractivity contribution is 5.57. The number of ether oxygens (including phenoxy) is 4. The largest absolute Gasteiger partial charge is 0.454 e. The van der Waals surface area contributed by atoms with Crippen LogP contribution in [-0.2, 0) is 14.9 Å². The van der Waals surface area contributed by atoms with Gasteiger partial charge in [-0.2, -0.15) is 0 Å². The average molecular weight is 331 g/mol. The van der Waals surface area contributed by atoms with Crippen molar-refractivity contribution in [3.05, 3.63) is 35.4 Å². The number of hydrogen-bond acceptors (Lipinski definition) is 6. The lowest BCUT2D eigenvalue weighted by molar-refractivity contribution is -0.0668. The number of aliphatic hydroxyl groups excluding tert-OH is 1. The minimum Gasteiger partial charge on any atom is -0.454 e. The molecule has 1 aliphatic carbocycles. The van der Waals surface area contributed by atoms with E-state index < -0.39 is 11.5 Å². The molecule has 1 aromatic carbocycles. The highest BCUT2D eigenvalue weighted by Gasteiger charge is 2.61. The van der Waals surface area contributed by atoms with Gasteiger partial charge in [0.05, 0.1) is 17.6 Å². The van der Waals surface area contributed by atoms with Crippen LogP contribution in [0, 0.1) is 0 Å². The van der Waals surface area contributed by atoms with Crippen LogP contribution in [0.25, 0.3) is 0 Å². The normalized spacial score (nSPS) is 41.2. The highest BCUT2D eigenvalue weighted by Crippen LogP contribution is 2.57. The molecule has 2 bridgehead atoms. The van der Waals surface area contributed by atoms with Crippen molar-refractivity contribution in [3.8, 4) is 11.5 Å². The molecule has 3 aliphatic heterocycles. The lowest BCUT2D eigenvalue weighted by Gasteiger charge is -2.48. The van der Waals surface area contributed by atoms with Gasteiger partial charge in [-0.25, -0.2) is 0 Å². The topological polar surface area (TPSA) is 60.4 Å². The Morgan fingerprint density at radius 3 is 2.75 bits per heavy atom. The number of rotatable bonds is 2. The molecule has 0 spiro atoms. The summed E-state index contributed by atoms with van der Waals surface area (Å²) in [5, 5.41) is 11.0. The van der Waals surface area contributed by atoms with E-state index in [1.54, 1.807) is 14.2 Å². The molecule has 24 heavy (non-hydrogen) atoms. The van der Waals surface area contributed by atoms with E-state index in [0.29, 0.717) is 6.54 Å². The Balaban J connectivity index is 1.75. The molecule has 4 aliphatic rings. The number of aliphatic hydroxyl groups is 1. The lowest BCUT2D eigenvalue weighted by Crippen LogP contribution is -2.53. The molecular formula is C18H21NO5. The molecule has 1 N–H and O–H groups in total. The summed E-state index contributed by atoms with van der Waals surface area (Å²) in [7, 11) is 3.44. The van der Waals surface area contributed by atoms with Crippen molar-refractivity contribution in [1.29, 1.82) is 0 Å². The van der Waals surface area contributed by atoms with Gasteiger partial charge in [-0.1, -0.05) is 12.2 Å². The van der Waals surface area contributed by atoms with Crippen LogP contribution in [0.5, 0.6) is 11.5 Å². The predicted molar refractivity (Wildman–Crippen MR) is 85.0 cm³/mol. The number of hydrogen-bond donors (Lipinski definition) is 1. The fraction of sp³-hybridized carbons (Fsp3) is 0.556. The Hall–Kier alpha value is -1.60. The quantitative estimate of drug-likeness (QED) is 0.825. The van der Waals surface area contributed by atoms with Crippen LogP contribution in [0.1, 0.15) is 23.8 Å². The van der Waals surface area contributed by atoms with Crippen molar-refractivity contribution in [3.63, 3.8) is 0 Å². The molecule has 6 atom stereocenters. The summed E-state index contributed by atoms with van der Waals surface area (Å²) in [6.45, 7) is 0.811. The van der Waals surface area contributed by atoms with Crippen LogP contribution >= 0.6 is 0 Å². The molecule has 1 fully saturated rings. The van der Waals surface area contributed by atoms with Gasteiger partial charge in [0.25, 0.3) is 0 Å². The molecule has 1 aromatic rings. The lowest BCUT2D eigenvalue weighted by atomic mass is 9.65. The van der Waals surface area contributed by atoms with E-state index in [9.17, 15) is 5.11 Å². The average Bonchev–Trinajstić information content (AvgIpc) is 3.15. The van der Waals surface area contributed by atoms with Crippen LogP contribution in [0.15, 0.2) is 24.3 Å². The first-order valence-corrected chi connectivity index (χ1v) is 8.32. The SMILES string of the molecule is CO[C@@H]1c2cc3c(cc2[C@@]24C=C[C@H](OC)C[C@@H]2N1C[C@H]4O)OCO3. The molecule has 0 saturated carbocycles. The van der Waals surface area contributed by atoms with Gasteiger partial charge >= 0.3 is 0 Å². The Labute approximate surface area is 140 Å². The summed E-state index contributed by atoms with van der Waals surface area (Å²) in [5.41, 5.74) is 1.69. The second-order valence-electron chi connectivity index (χ2n) is 6.91. The number of methoxy groups -OCH3 is 2. The Morgan fingerprint density at radius 1 is 1.21 bits per heavy atom. The molecule has 0 radical (unpaired) electrons. The van der Waals surface area contributed by atoms with Crippen LogP contribution < -0.4 is 9.47 Å². The highest BCUT2D eigenvalue weighted by atomic mass is 16.7. The third-order valence-corrected chi connectivity index (χ3v) is 6.03. The van der Waals surface area contributed by atoms with E-state index in [0.717, 1.165) is 29.0 Å². The van der Waals surface area contributed by atoms with Crippen LogP contribution in [0.3, 0.4) is 0 Å².